The van der Waals surface area contributed by atoms with Crippen LogP contribution in [0.15, 0.2) is 36.7 Å². The molecule has 178 valence electrons. The minimum Gasteiger partial charge on any atom is -0.496 e. The first kappa shape index (κ1) is 23.2. The summed E-state index contributed by atoms with van der Waals surface area (Å²) in [6.45, 7) is 5.05. The van der Waals surface area contributed by atoms with Crippen LogP contribution in [0.4, 0.5) is 10.6 Å². The number of aliphatic hydroxyl groups excluding tert-OH is 1. The van der Waals surface area contributed by atoms with Gasteiger partial charge in [0.05, 0.1) is 25.3 Å². The monoisotopic (exact) mass is 465 g/mol. The maximum absolute atomic E-state index is 13.1. The Balaban J connectivity index is 1.57. The van der Waals surface area contributed by atoms with Crippen LogP contribution in [0, 0.1) is 0 Å². The zero-order valence-corrected chi connectivity index (χ0v) is 19.3. The van der Waals surface area contributed by atoms with Crippen molar-refractivity contribution in [3.8, 4) is 17.3 Å². The molecule has 3 heterocycles. The van der Waals surface area contributed by atoms with Gasteiger partial charge in [0.2, 0.25) is 0 Å². The predicted molar refractivity (Wildman–Crippen MR) is 124 cm³/mol. The number of carbonyl (C=O) groups is 2. The molecule has 1 aliphatic heterocycles. The number of ether oxygens (including phenoxy) is 1. The summed E-state index contributed by atoms with van der Waals surface area (Å²) in [5, 5.41) is 23.1. The molecule has 4 rings (SSSR count). The minimum atomic E-state index is -0.383. The number of benzene rings is 1. The molecule has 2 aromatic heterocycles. The van der Waals surface area contributed by atoms with Crippen molar-refractivity contribution in [1.29, 1.82) is 0 Å². The fourth-order valence-electron chi connectivity index (χ4n) is 3.83. The van der Waals surface area contributed by atoms with Gasteiger partial charge >= 0.3 is 6.03 Å². The summed E-state index contributed by atoms with van der Waals surface area (Å²) in [6, 6.07) is 8.37. The number of hydrogen-bond acceptors (Lipinski definition) is 7. The molecule has 34 heavy (non-hydrogen) atoms. The number of nitrogens with one attached hydrogen (secondary N) is 2. The van der Waals surface area contributed by atoms with Gasteiger partial charge in [-0.25, -0.2) is 9.78 Å². The summed E-state index contributed by atoms with van der Waals surface area (Å²) in [7, 11) is 1.50. The van der Waals surface area contributed by atoms with Gasteiger partial charge in [-0.15, -0.1) is 10.2 Å². The van der Waals surface area contributed by atoms with Crippen molar-refractivity contribution in [3.63, 3.8) is 0 Å². The molecule has 1 aliphatic rings. The Labute approximate surface area is 196 Å². The number of rotatable bonds is 7. The SMILES string of the molecule is CCNC(=O)N1Cc2cc(OC)c(C(=O)Nc3cccc(-c4nncn4C(C)CO)n3)cc2C1. The molecule has 1 aromatic carbocycles. The van der Waals surface area contributed by atoms with E-state index in [2.05, 4.69) is 25.8 Å². The highest BCUT2D eigenvalue weighted by atomic mass is 16.5. The molecule has 11 nitrogen and oxygen atoms in total. The standard InChI is InChI=1S/C23H27N7O4/c1-4-24-23(33)29-10-15-8-17(19(34-3)9-16(15)11-29)22(32)27-20-7-5-6-18(26-20)21-28-25-13-30(21)14(2)12-31/h5-9,13-14,31H,4,10-12H2,1-3H3,(H,24,33)(H,26,27,32). The summed E-state index contributed by atoms with van der Waals surface area (Å²) in [4.78, 5) is 31.5. The van der Waals surface area contributed by atoms with Crippen molar-refractivity contribution in [2.24, 2.45) is 0 Å². The molecule has 1 unspecified atom stereocenters. The Morgan fingerprint density at radius 3 is 2.71 bits per heavy atom. The molecule has 0 spiro atoms. The minimum absolute atomic E-state index is 0.0723. The number of carbonyl (C=O) groups excluding carboxylic acids is 2. The second kappa shape index (κ2) is 9.87. The van der Waals surface area contributed by atoms with Crippen LogP contribution in [0.2, 0.25) is 0 Å². The predicted octanol–water partition coefficient (Wildman–Crippen LogP) is 2.20. The number of anilines is 1. The molecule has 11 heteroatoms. The van der Waals surface area contributed by atoms with E-state index in [0.29, 0.717) is 48.3 Å². The quantitative estimate of drug-likeness (QED) is 0.487. The summed E-state index contributed by atoms with van der Waals surface area (Å²) < 4.78 is 7.18. The van der Waals surface area contributed by atoms with Crippen LogP contribution in [0.3, 0.4) is 0 Å². The molecule has 0 fully saturated rings. The highest BCUT2D eigenvalue weighted by Gasteiger charge is 2.26. The molecule has 0 saturated heterocycles. The highest BCUT2D eigenvalue weighted by Crippen LogP contribution is 2.31. The van der Waals surface area contributed by atoms with Gasteiger partial charge in [-0.1, -0.05) is 6.07 Å². The maximum atomic E-state index is 13.1. The van der Waals surface area contributed by atoms with Crippen LogP contribution in [-0.4, -0.2) is 62.0 Å². The first-order valence-electron chi connectivity index (χ1n) is 11.0. The van der Waals surface area contributed by atoms with Crippen LogP contribution < -0.4 is 15.4 Å². The lowest BCUT2D eigenvalue weighted by Gasteiger charge is -2.15. The van der Waals surface area contributed by atoms with Gasteiger partial charge in [0.1, 0.15) is 23.6 Å². The zero-order valence-electron chi connectivity index (χ0n) is 19.3. The van der Waals surface area contributed by atoms with Crippen molar-refractivity contribution < 1.29 is 19.4 Å². The third kappa shape index (κ3) is 4.55. The normalized spacial score (nSPS) is 13.4. The van der Waals surface area contributed by atoms with E-state index in [1.807, 2.05) is 13.8 Å². The molecule has 1 atom stereocenters. The lowest BCUT2D eigenvalue weighted by Crippen LogP contribution is -2.36. The molecule has 0 bridgehead atoms. The van der Waals surface area contributed by atoms with Gasteiger partial charge in [0, 0.05) is 19.6 Å². The average Bonchev–Trinajstić information content (AvgIpc) is 3.50. The number of aliphatic hydroxyl groups is 1. The van der Waals surface area contributed by atoms with E-state index < -0.39 is 0 Å². The first-order valence-corrected chi connectivity index (χ1v) is 11.0. The topological polar surface area (TPSA) is 134 Å². The van der Waals surface area contributed by atoms with Crippen molar-refractivity contribution in [3.05, 3.63) is 53.3 Å². The number of pyridine rings is 1. The van der Waals surface area contributed by atoms with Crippen LogP contribution in [0.25, 0.3) is 11.5 Å². The summed E-state index contributed by atoms with van der Waals surface area (Å²) in [5.74, 6) is 0.853. The van der Waals surface area contributed by atoms with Gasteiger partial charge in [-0.05, 0) is 49.2 Å². The number of hydrogen-bond donors (Lipinski definition) is 3. The molecule has 0 saturated carbocycles. The molecule has 3 amide bonds. The third-order valence-corrected chi connectivity index (χ3v) is 5.64. The van der Waals surface area contributed by atoms with E-state index in [1.165, 1.54) is 13.4 Å². The zero-order chi connectivity index (χ0) is 24.2. The molecular weight excluding hydrogens is 438 g/mol. The van der Waals surface area contributed by atoms with Gasteiger partial charge in [-0.3, -0.25) is 4.79 Å². The fraction of sp³-hybridized carbons (Fsp3) is 0.348. The Bertz CT molecular complexity index is 1210. The number of methoxy groups -OCH3 is 1. The molecule has 0 radical (unpaired) electrons. The lowest BCUT2D eigenvalue weighted by molar-refractivity contribution is 0.102. The van der Waals surface area contributed by atoms with Crippen molar-refractivity contribution in [2.45, 2.75) is 33.0 Å². The fourth-order valence-corrected chi connectivity index (χ4v) is 3.83. The number of nitrogens with zero attached hydrogens (tertiary/aromatic N) is 5. The van der Waals surface area contributed by atoms with Crippen LogP contribution in [-0.2, 0) is 13.1 Å². The molecule has 0 aliphatic carbocycles. The smallest absolute Gasteiger partial charge is 0.317 e. The van der Waals surface area contributed by atoms with E-state index in [9.17, 15) is 14.7 Å². The van der Waals surface area contributed by atoms with Crippen LogP contribution in [0.1, 0.15) is 41.4 Å². The van der Waals surface area contributed by atoms with E-state index in [4.69, 9.17) is 4.74 Å². The maximum Gasteiger partial charge on any atom is 0.317 e. The molecule has 3 aromatic rings. The van der Waals surface area contributed by atoms with Crippen molar-refractivity contribution in [2.75, 3.05) is 25.6 Å². The van der Waals surface area contributed by atoms with E-state index in [0.717, 1.165) is 11.1 Å². The van der Waals surface area contributed by atoms with Gasteiger partial charge < -0.3 is 29.9 Å². The molecule has 3 N–H and O–H groups in total. The van der Waals surface area contributed by atoms with Crippen LogP contribution in [0.5, 0.6) is 5.75 Å². The first-order chi connectivity index (χ1) is 16.4. The average molecular weight is 466 g/mol. The van der Waals surface area contributed by atoms with Crippen molar-refractivity contribution in [1.82, 2.24) is 30.0 Å². The van der Waals surface area contributed by atoms with Crippen LogP contribution >= 0.6 is 0 Å². The lowest BCUT2D eigenvalue weighted by atomic mass is 10.0. The summed E-state index contributed by atoms with van der Waals surface area (Å²) in [5.41, 5.74) is 2.69. The number of aromatic nitrogens is 4. The summed E-state index contributed by atoms with van der Waals surface area (Å²) in [6.07, 6.45) is 1.53. The highest BCUT2D eigenvalue weighted by molar-refractivity contribution is 6.06. The Kier molecular flexibility index (Phi) is 6.73. The third-order valence-electron chi connectivity index (χ3n) is 5.64. The Hall–Kier alpha value is -3.99. The molecular formula is C23H27N7O4. The van der Waals surface area contributed by atoms with Gasteiger partial charge in [0.25, 0.3) is 5.91 Å². The Morgan fingerprint density at radius 2 is 2.00 bits per heavy atom. The number of amides is 3. The number of fused-ring (bicyclic) bond motifs is 1. The van der Waals surface area contributed by atoms with E-state index >= 15 is 0 Å². The van der Waals surface area contributed by atoms with E-state index in [1.54, 1.807) is 39.8 Å². The second-order valence-corrected chi connectivity index (χ2v) is 7.97. The van der Waals surface area contributed by atoms with E-state index in [-0.39, 0.29) is 24.6 Å². The second-order valence-electron chi connectivity index (χ2n) is 7.97. The summed E-state index contributed by atoms with van der Waals surface area (Å²) >= 11 is 0. The van der Waals surface area contributed by atoms with Gasteiger partial charge in [0.15, 0.2) is 5.82 Å². The van der Waals surface area contributed by atoms with Crippen molar-refractivity contribution >= 4 is 17.8 Å². The van der Waals surface area contributed by atoms with Gasteiger partial charge in [-0.2, -0.15) is 0 Å². The Morgan fingerprint density at radius 1 is 1.24 bits per heavy atom. The number of urea groups is 1. The largest absolute Gasteiger partial charge is 0.496 e.